The van der Waals surface area contributed by atoms with Gasteiger partial charge in [-0.1, -0.05) is 5.16 Å². The van der Waals surface area contributed by atoms with Crippen LogP contribution in [0.15, 0.2) is 16.1 Å². The van der Waals surface area contributed by atoms with Crippen LogP contribution < -0.4 is 0 Å². The van der Waals surface area contributed by atoms with Gasteiger partial charge in [-0.2, -0.15) is 0 Å². The first kappa shape index (κ1) is 12.3. The lowest BCUT2D eigenvalue weighted by Crippen LogP contribution is -2.30. The SMILES string of the molecule is Cc1cc(C2CCCN2C(=O)c2scnc2C)on1. The fraction of sp³-hybridized carbons (Fsp3) is 0.462. The third-order valence-electron chi connectivity index (χ3n) is 3.43. The van der Waals surface area contributed by atoms with Crippen LogP contribution in [0, 0.1) is 13.8 Å². The minimum absolute atomic E-state index is 0.00944. The quantitative estimate of drug-likeness (QED) is 0.847. The van der Waals surface area contributed by atoms with Crippen molar-refractivity contribution in [3.05, 3.63) is 33.6 Å². The van der Waals surface area contributed by atoms with Gasteiger partial charge in [0.05, 0.1) is 22.9 Å². The predicted octanol–water partition coefficient (Wildman–Crippen LogP) is 2.73. The zero-order valence-corrected chi connectivity index (χ0v) is 11.7. The molecule has 0 bridgehead atoms. The van der Waals surface area contributed by atoms with Gasteiger partial charge in [0.15, 0.2) is 5.76 Å². The monoisotopic (exact) mass is 277 g/mol. The second-order valence-electron chi connectivity index (χ2n) is 4.79. The van der Waals surface area contributed by atoms with E-state index in [2.05, 4.69) is 10.1 Å². The summed E-state index contributed by atoms with van der Waals surface area (Å²) in [6, 6.07) is 1.92. The number of aromatic nitrogens is 2. The molecular formula is C13H15N3O2S. The van der Waals surface area contributed by atoms with Crippen LogP contribution in [0.4, 0.5) is 0 Å². The van der Waals surface area contributed by atoms with Gasteiger partial charge in [-0.25, -0.2) is 4.98 Å². The van der Waals surface area contributed by atoms with Crippen LogP contribution in [0.25, 0.3) is 0 Å². The predicted molar refractivity (Wildman–Crippen MR) is 71.1 cm³/mol. The Hall–Kier alpha value is -1.69. The second-order valence-corrected chi connectivity index (χ2v) is 5.65. The van der Waals surface area contributed by atoms with Crippen LogP contribution in [0.3, 0.4) is 0 Å². The van der Waals surface area contributed by atoms with Crippen LogP contribution in [0.5, 0.6) is 0 Å². The van der Waals surface area contributed by atoms with E-state index in [1.54, 1.807) is 5.51 Å². The smallest absolute Gasteiger partial charge is 0.266 e. The van der Waals surface area contributed by atoms with Gasteiger partial charge in [-0.05, 0) is 26.7 Å². The van der Waals surface area contributed by atoms with E-state index in [0.29, 0.717) is 0 Å². The van der Waals surface area contributed by atoms with Crippen molar-refractivity contribution >= 4 is 17.2 Å². The number of rotatable bonds is 2. The second kappa shape index (κ2) is 4.77. The Balaban J connectivity index is 1.88. The molecule has 19 heavy (non-hydrogen) atoms. The molecule has 6 heteroatoms. The first-order valence-corrected chi connectivity index (χ1v) is 7.19. The highest BCUT2D eigenvalue weighted by Crippen LogP contribution is 2.34. The molecule has 1 aliphatic rings. The number of carbonyl (C=O) groups excluding carboxylic acids is 1. The molecule has 3 heterocycles. The van der Waals surface area contributed by atoms with Gasteiger partial charge in [0, 0.05) is 12.6 Å². The molecule has 0 N–H and O–H groups in total. The van der Waals surface area contributed by atoms with Crippen molar-refractivity contribution in [2.45, 2.75) is 32.7 Å². The maximum atomic E-state index is 12.6. The summed E-state index contributed by atoms with van der Waals surface area (Å²) >= 11 is 1.40. The van der Waals surface area contributed by atoms with Crippen molar-refractivity contribution in [3.63, 3.8) is 0 Å². The number of likely N-dealkylation sites (tertiary alicyclic amines) is 1. The lowest BCUT2D eigenvalue weighted by Gasteiger charge is -2.22. The van der Waals surface area contributed by atoms with Crippen LogP contribution in [-0.2, 0) is 0 Å². The summed E-state index contributed by atoms with van der Waals surface area (Å²) in [6.45, 7) is 4.52. The van der Waals surface area contributed by atoms with E-state index in [-0.39, 0.29) is 11.9 Å². The van der Waals surface area contributed by atoms with Crippen molar-refractivity contribution in [1.29, 1.82) is 0 Å². The van der Waals surface area contributed by atoms with E-state index < -0.39 is 0 Å². The van der Waals surface area contributed by atoms with Gasteiger partial charge in [-0.15, -0.1) is 11.3 Å². The largest absolute Gasteiger partial charge is 0.359 e. The maximum absolute atomic E-state index is 12.6. The van der Waals surface area contributed by atoms with E-state index in [4.69, 9.17) is 4.52 Å². The molecule has 2 aromatic rings. The molecule has 100 valence electrons. The van der Waals surface area contributed by atoms with Crippen LogP contribution in [0.1, 0.15) is 45.7 Å². The van der Waals surface area contributed by atoms with Crippen molar-refractivity contribution in [1.82, 2.24) is 15.0 Å². The Morgan fingerprint density at radius 1 is 1.53 bits per heavy atom. The summed E-state index contributed by atoms with van der Waals surface area (Å²) in [4.78, 5) is 19.3. The Bertz CT molecular complexity index is 605. The lowest BCUT2D eigenvalue weighted by atomic mass is 10.1. The summed E-state index contributed by atoms with van der Waals surface area (Å²) in [5.41, 5.74) is 3.37. The molecule has 1 atom stereocenters. The summed E-state index contributed by atoms with van der Waals surface area (Å²) < 4.78 is 5.32. The van der Waals surface area contributed by atoms with Crippen LogP contribution in [-0.4, -0.2) is 27.5 Å². The molecule has 5 nitrogen and oxygen atoms in total. The molecule has 1 fully saturated rings. The molecule has 2 aromatic heterocycles. The standard InChI is InChI=1S/C13H15N3O2S/c1-8-6-11(18-15-8)10-4-3-5-16(10)13(17)12-9(2)14-7-19-12/h6-7,10H,3-5H2,1-2H3. The Morgan fingerprint density at radius 3 is 3.00 bits per heavy atom. The normalized spacial score (nSPS) is 19.1. The highest BCUT2D eigenvalue weighted by Gasteiger charge is 2.34. The van der Waals surface area contributed by atoms with Crippen LogP contribution >= 0.6 is 11.3 Å². The van der Waals surface area contributed by atoms with Gasteiger partial charge in [0.25, 0.3) is 5.91 Å². The number of amides is 1. The number of nitrogens with zero attached hydrogens (tertiary/aromatic N) is 3. The van der Waals surface area contributed by atoms with Crippen LogP contribution in [0.2, 0.25) is 0 Å². The van der Waals surface area contributed by atoms with Gasteiger partial charge >= 0.3 is 0 Å². The van der Waals surface area contributed by atoms with Crippen molar-refractivity contribution in [3.8, 4) is 0 Å². The summed E-state index contributed by atoms with van der Waals surface area (Å²) in [7, 11) is 0. The molecule has 0 spiro atoms. The van der Waals surface area contributed by atoms with Gasteiger partial charge in [-0.3, -0.25) is 4.79 Å². The lowest BCUT2D eigenvalue weighted by molar-refractivity contribution is 0.0718. The zero-order valence-electron chi connectivity index (χ0n) is 10.9. The molecular weight excluding hydrogens is 262 g/mol. The molecule has 1 saturated heterocycles. The summed E-state index contributed by atoms with van der Waals surface area (Å²) in [5, 5.41) is 3.91. The molecule has 3 rings (SSSR count). The van der Waals surface area contributed by atoms with Crippen molar-refractivity contribution < 1.29 is 9.32 Å². The Kier molecular flexibility index (Phi) is 3.10. The number of aryl methyl sites for hydroxylation is 2. The molecule has 1 amide bonds. The molecule has 1 unspecified atom stereocenters. The molecule has 0 aromatic carbocycles. The third kappa shape index (κ3) is 2.16. The molecule has 0 radical (unpaired) electrons. The first-order chi connectivity index (χ1) is 9.16. The van der Waals surface area contributed by atoms with E-state index in [1.807, 2.05) is 24.8 Å². The fourth-order valence-electron chi connectivity index (χ4n) is 2.48. The Labute approximate surface area is 115 Å². The molecule has 1 aliphatic heterocycles. The fourth-order valence-corrected chi connectivity index (χ4v) is 3.24. The van der Waals surface area contributed by atoms with E-state index in [0.717, 1.165) is 41.4 Å². The zero-order chi connectivity index (χ0) is 13.4. The topological polar surface area (TPSA) is 59.2 Å². The van der Waals surface area contributed by atoms with Gasteiger partial charge in [0.1, 0.15) is 4.88 Å². The van der Waals surface area contributed by atoms with E-state index in [1.165, 1.54) is 11.3 Å². The average Bonchev–Trinajstić information content (AvgIpc) is 3.07. The number of hydrogen-bond acceptors (Lipinski definition) is 5. The van der Waals surface area contributed by atoms with E-state index >= 15 is 0 Å². The van der Waals surface area contributed by atoms with Crippen molar-refractivity contribution in [2.24, 2.45) is 0 Å². The first-order valence-electron chi connectivity index (χ1n) is 6.31. The number of hydrogen-bond donors (Lipinski definition) is 0. The van der Waals surface area contributed by atoms with Crippen molar-refractivity contribution in [2.75, 3.05) is 6.54 Å². The van der Waals surface area contributed by atoms with Gasteiger partial charge < -0.3 is 9.42 Å². The highest BCUT2D eigenvalue weighted by atomic mass is 32.1. The van der Waals surface area contributed by atoms with E-state index in [9.17, 15) is 4.79 Å². The maximum Gasteiger partial charge on any atom is 0.266 e. The molecule has 0 saturated carbocycles. The van der Waals surface area contributed by atoms with Gasteiger partial charge in [0.2, 0.25) is 0 Å². The summed E-state index contributed by atoms with van der Waals surface area (Å²) in [5.74, 6) is 0.835. The average molecular weight is 277 g/mol. The number of thiazole rings is 1. The third-order valence-corrected chi connectivity index (χ3v) is 4.34. The Morgan fingerprint density at radius 2 is 2.37 bits per heavy atom. The number of carbonyl (C=O) groups is 1. The minimum Gasteiger partial charge on any atom is -0.359 e. The summed E-state index contributed by atoms with van der Waals surface area (Å²) in [6.07, 6.45) is 1.92. The minimum atomic E-state index is 0.00944. The highest BCUT2D eigenvalue weighted by molar-refractivity contribution is 7.11. The molecule has 0 aliphatic carbocycles.